The van der Waals surface area contributed by atoms with Gasteiger partial charge in [-0.2, -0.15) is 0 Å². The molecule has 0 aliphatic heterocycles. The first-order valence-electron chi connectivity index (χ1n) is 9.87. The smallest absolute Gasteiger partial charge is 0.117 e. The fourth-order valence-electron chi connectivity index (χ4n) is 3.34. The molecule has 0 atom stereocenters. The maximum absolute atomic E-state index is 4.76. The zero-order valence-electron chi connectivity index (χ0n) is 16.8. The zero-order chi connectivity index (χ0) is 19.2. The summed E-state index contributed by atoms with van der Waals surface area (Å²) >= 11 is 1.75. The second-order valence-corrected chi connectivity index (χ2v) is 7.54. The standard InChI is InChI=1S/C23H29N3S/c1-5-25(6-2)19-12-9-18(10-13-19)11-16-23-24-21-15-14-20(17-22(21)27-23)26(7-3)8-4/h9-17H,5-8H2,1-4H3/b16-11+. The number of benzene rings is 2. The van der Waals surface area contributed by atoms with Crippen LogP contribution in [0.4, 0.5) is 11.4 Å². The highest BCUT2D eigenvalue weighted by atomic mass is 32.1. The van der Waals surface area contributed by atoms with E-state index in [-0.39, 0.29) is 0 Å². The van der Waals surface area contributed by atoms with E-state index >= 15 is 0 Å². The average molecular weight is 380 g/mol. The first kappa shape index (κ1) is 19.4. The number of fused-ring (bicyclic) bond motifs is 1. The predicted octanol–water partition coefficient (Wildman–Crippen LogP) is 6.16. The highest BCUT2D eigenvalue weighted by molar-refractivity contribution is 7.19. The van der Waals surface area contributed by atoms with Crippen LogP contribution in [0, 0.1) is 0 Å². The number of thiazole rings is 1. The van der Waals surface area contributed by atoms with Gasteiger partial charge in [-0.25, -0.2) is 4.98 Å². The van der Waals surface area contributed by atoms with Crippen molar-refractivity contribution in [2.75, 3.05) is 36.0 Å². The number of nitrogens with zero attached hydrogens (tertiary/aromatic N) is 3. The SMILES string of the molecule is CCN(CC)c1ccc(/C=C/c2nc3ccc(N(CC)CC)cc3s2)cc1. The van der Waals surface area contributed by atoms with Gasteiger partial charge in [-0.15, -0.1) is 11.3 Å². The van der Waals surface area contributed by atoms with Crippen LogP contribution in [-0.2, 0) is 0 Å². The van der Waals surface area contributed by atoms with Gasteiger partial charge >= 0.3 is 0 Å². The molecule has 3 rings (SSSR count). The summed E-state index contributed by atoms with van der Waals surface area (Å²) in [5.41, 5.74) is 4.83. The lowest BCUT2D eigenvalue weighted by atomic mass is 10.2. The molecule has 2 aromatic carbocycles. The molecule has 0 bridgehead atoms. The van der Waals surface area contributed by atoms with E-state index in [2.05, 4.69) is 92.1 Å². The van der Waals surface area contributed by atoms with Gasteiger partial charge in [0, 0.05) is 37.6 Å². The molecule has 3 nitrogen and oxygen atoms in total. The first-order valence-corrected chi connectivity index (χ1v) is 10.7. The van der Waals surface area contributed by atoms with Crippen LogP contribution in [0.15, 0.2) is 42.5 Å². The highest BCUT2D eigenvalue weighted by Crippen LogP contribution is 2.28. The maximum Gasteiger partial charge on any atom is 0.117 e. The molecule has 0 saturated carbocycles. The maximum atomic E-state index is 4.76. The van der Waals surface area contributed by atoms with E-state index in [1.54, 1.807) is 11.3 Å². The molecule has 3 aromatic rings. The number of hydrogen-bond acceptors (Lipinski definition) is 4. The Morgan fingerprint density at radius 1 is 0.778 bits per heavy atom. The normalized spacial score (nSPS) is 11.4. The van der Waals surface area contributed by atoms with Crippen molar-refractivity contribution in [3.63, 3.8) is 0 Å². The minimum Gasteiger partial charge on any atom is -0.372 e. The number of anilines is 2. The van der Waals surface area contributed by atoms with Crippen LogP contribution in [0.25, 0.3) is 22.4 Å². The molecule has 27 heavy (non-hydrogen) atoms. The fraction of sp³-hybridized carbons (Fsp3) is 0.348. The lowest BCUT2D eigenvalue weighted by Gasteiger charge is -2.20. The molecule has 0 saturated heterocycles. The van der Waals surface area contributed by atoms with Gasteiger partial charge < -0.3 is 9.80 Å². The van der Waals surface area contributed by atoms with Crippen molar-refractivity contribution >= 4 is 45.1 Å². The summed E-state index contributed by atoms with van der Waals surface area (Å²) in [7, 11) is 0. The zero-order valence-corrected chi connectivity index (χ0v) is 17.6. The van der Waals surface area contributed by atoms with Crippen molar-refractivity contribution in [3.8, 4) is 0 Å². The fourth-order valence-corrected chi connectivity index (χ4v) is 4.24. The van der Waals surface area contributed by atoms with Gasteiger partial charge in [-0.3, -0.25) is 0 Å². The lowest BCUT2D eigenvalue weighted by molar-refractivity contribution is 0.866. The minimum atomic E-state index is 1.02. The van der Waals surface area contributed by atoms with Crippen LogP contribution in [0.2, 0.25) is 0 Å². The van der Waals surface area contributed by atoms with Gasteiger partial charge in [0.05, 0.1) is 10.2 Å². The third-order valence-corrected chi connectivity index (χ3v) is 5.94. The molecule has 0 amide bonds. The Morgan fingerprint density at radius 3 is 2.00 bits per heavy atom. The Bertz CT molecular complexity index is 888. The van der Waals surface area contributed by atoms with Crippen LogP contribution in [0.3, 0.4) is 0 Å². The molecule has 0 radical (unpaired) electrons. The van der Waals surface area contributed by atoms with E-state index in [1.165, 1.54) is 21.6 Å². The van der Waals surface area contributed by atoms with Crippen LogP contribution in [0.5, 0.6) is 0 Å². The second kappa shape index (κ2) is 9.05. The molecule has 0 aliphatic rings. The Labute approximate surface area is 167 Å². The van der Waals surface area contributed by atoms with Crippen molar-refractivity contribution in [1.29, 1.82) is 0 Å². The summed E-state index contributed by atoms with van der Waals surface area (Å²) in [6, 6.07) is 15.3. The van der Waals surface area contributed by atoms with E-state index in [9.17, 15) is 0 Å². The molecule has 0 aliphatic carbocycles. The monoisotopic (exact) mass is 379 g/mol. The van der Waals surface area contributed by atoms with Crippen molar-refractivity contribution in [2.24, 2.45) is 0 Å². The topological polar surface area (TPSA) is 19.4 Å². The van der Waals surface area contributed by atoms with Crippen molar-refractivity contribution in [1.82, 2.24) is 4.98 Å². The first-order chi connectivity index (χ1) is 13.2. The van der Waals surface area contributed by atoms with Gasteiger partial charge in [0.25, 0.3) is 0 Å². The molecule has 0 unspecified atom stereocenters. The van der Waals surface area contributed by atoms with E-state index in [4.69, 9.17) is 4.98 Å². The van der Waals surface area contributed by atoms with Gasteiger partial charge in [0.2, 0.25) is 0 Å². The summed E-state index contributed by atoms with van der Waals surface area (Å²) < 4.78 is 1.25. The Hall–Kier alpha value is -2.33. The molecule has 0 N–H and O–H groups in total. The lowest BCUT2D eigenvalue weighted by Crippen LogP contribution is -2.21. The van der Waals surface area contributed by atoms with Crippen LogP contribution >= 0.6 is 11.3 Å². The molecule has 142 valence electrons. The van der Waals surface area contributed by atoms with Gasteiger partial charge in [-0.1, -0.05) is 18.2 Å². The summed E-state index contributed by atoms with van der Waals surface area (Å²) in [4.78, 5) is 9.48. The van der Waals surface area contributed by atoms with Crippen molar-refractivity contribution < 1.29 is 0 Å². The summed E-state index contributed by atoms with van der Waals surface area (Å²) in [6.07, 6.45) is 4.27. The average Bonchev–Trinajstić information content (AvgIpc) is 3.11. The van der Waals surface area contributed by atoms with E-state index < -0.39 is 0 Å². The van der Waals surface area contributed by atoms with Gasteiger partial charge in [0.1, 0.15) is 5.01 Å². The summed E-state index contributed by atoms with van der Waals surface area (Å²) in [6.45, 7) is 12.9. The van der Waals surface area contributed by atoms with E-state index in [0.717, 1.165) is 36.7 Å². The van der Waals surface area contributed by atoms with E-state index in [1.807, 2.05) is 0 Å². The Morgan fingerprint density at radius 2 is 1.37 bits per heavy atom. The Balaban J connectivity index is 1.77. The molecule has 1 aromatic heterocycles. The third kappa shape index (κ3) is 4.51. The molecular formula is C23H29N3S. The van der Waals surface area contributed by atoms with E-state index in [0.29, 0.717) is 0 Å². The minimum absolute atomic E-state index is 1.02. The third-order valence-electron chi connectivity index (χ3n) is 4.96. The van der Waals surface area contributed by atoms with Crippen LogP contribution in [-0.4, -0.2) is 31.2 Å². The molecule has 1 heterocycles. The van der Waals surface area contributed by atoms with Gasteiger partial charge in [0.15, 0.2) is 0 Å². The van der Waals surface area contributed by atoms with Crippen LogP contribution in [0.1, 0.15) is 38.3 Å². The largest absolute Gasteiger partial charge is 0.372 e. The van der Waals surface area contributed by atoms with Crippen molar-refractivity contribution in [2.45, 2.75) is 27.7 Å². The predicted molar refractivity (Wildman–Crippen MR) is 122 cm³/mol. The highest BCUT2D eigenvalue weighted by Gasteiger charge is 2.06. The quantitative estimate of drug-likeness (QED) is 0.467. The van der Waals surface area contributed by atoms with Crippen LogP contribution < -0.4 is 9.80 Å². The Kier molecular flexibility index (Phi) is 6.51. The van der Waals surface area contributed by atoms with Gasteiger partial charge in [-0.05, 0) is 69.7 Å². The summed E-state index contributed by atoms with van der Waals surface area (Å²) in [5.74, 6) is 0. The second-order valence-electron chi connectivity index (χ2n) is 6.47. The van der Waals surface area contributed by atoms with Crippen molar-refractivity contribution in [3.05, 3.63) is 53.0 Å². The molecular weight excluding hydrogens is 350 g/mol. The molecule has 0 fully saturated rings. The number of aromatic nitrogens is 1. The molecule has 4 heteroatoms. The number of hydrogen-bond donors (Lipinski definition) is 0. The summed E-state index contributed by atoms with van der Waals surface area (Å²) in [5, 5.41) is 1.05. The number of rotatable bonds is 8. The molecule has 0 spiro atoms.